The van der Waals surface area contributed by atoms with Crippen molar-refractivity contribution in [3.63, 3.8) is 0 Å². The molecule has 0 spiro atoms. The van der Waals surface area contributed by atoms with Gasteiger partial charge in [0.15, 0.2) is 0 Å². The summed E-state index contributed by atoms with van der Waals surface area (Å²) in [6, 6.07) is 19.8. The smallest absolute Gasteiger partial charge is 0.118 e. The van der Waals surface area contributed by atoms with E-state index in [1.54, 1.807) is 13.2 Å². The molecule has 24 heavy (non-hydrogen) atoms. The standard InChI is InChI=1S/C19H16BrN3O/c1-24-18-7-5-14(6-8-18)13-23-19(10-17(11-20)22-23)16-4-2-3-15(9-16)12-21/h2-10H,11,13H2,1H3. The molecule has 0 N–H and O–H groups in total. The van der Waals surface area contributed by atoms with Crippen molar-refractivity contribution in [1.82, 2.24) is 9.78 Å². The molecule has 5 heteroatoms. The number of aromatic nitrogens is 2. The van der Waals surface area contributed by atoms with E-state index in [-0.39, 0.29) is 0 Å². The number of hydrogen-bond donors (Lipinski definition) is 0. The van der Waals surface area contributed by atoms with E-state index in [2.05, 4.69) is 33.2 Å². The number of methoxy groups -OCH3 is 1. The maximum Gasteiger partial charge on any atom is 0.118 e. The molecule has 1 heterocycles. The highest BCUT2D eigenvalue weighted by Crippen LogP contribution is 2.24. The molecule has 3 rings (SSSR count). The van der Waals surface area contributed by atoms with E-state index in [1.807, 2.05) is 47.1 Å². The number of benzene rings is 2. The van der Waals surface area contributed by atoms with Crippen LogP contribution in [0.15, 0.2) is 54.6 Å². The molecule has 0 saturated carbocycles. The second-order valence-corrected chi connectivity index (χ2v) is 5.91. The Labute approximate surface area is 149 Å². The Morgan fingerprint density at radius 3 is 2.62 bits per heavy atom. The van der Waals surface area contributed by atoms with Gasteiger partial charge in [0.25, 0.3) is 0 Å². The van der Waals surface area contributed by atoms with Crippen LogP contribution in [-0.2, 0) is 11.9 Å². The summed E-state index contributed by atoms with van der Waals surface area (Å²) in [6.07, 6.45) is 0. The number of alkyl halides is 1. The van der Waals surface area contributed by atoms with Crippen molar-refractivity contribution in [2.45, 2.75) is 11.9 Å². The average Bonchev–Trinajstić information content (AvgIpc) is 3.05. The fraction of sp³-hybridized carbons (Fsp3) is 0.158. The van der Waals surface area contributed by atoms with Gasteiger partial charge >= 0.3 is 0 Å². The predicted molar refractivity (Wildman–Crippen MR) is 97.1 cm³/mol. The van der Waals surface area contributed by atoms with Gasteiger partial charge in [-0.2, -0.15) is 10.4 Å². The molecular formula is C19H16BrN3O. The van der Waals surface area contributed by atoms with Crippen LogP contribution in [-0.4, -0.2) is 16.9 Å². The highest BCUT2D eigenvalue weighted by atomic mass is 79.9. The largest absolute Gasteiger partial charge is 0.497 e. The minimum absolute atomic E-state index is 0.644. The number of hydrogen-bond acceptors (Lipinski definition) is 3. The molecule has 0 aliphatic carbocycles. The van der Waals surface area contributed by atoms with E-state index in [0.717, 1.165) is 28.3 Å². The van der Waals surface area contributed by atoms with Crippen molar-refractivity contribution < 1.29 is 4.74 Å². The molecule has 0 fully saturated rings. The van der Waals surface area contributed by atoms with E-state index in [0.29, 0.717) is 17.4 Å². The number of halogens is 1. The van der Waals surface area contributed by atoms with Crippen LogP contribution in [0.4, 0.5) is 0 Å². The second kappa shape index (κ2) is 7.33. The Balaban J connectivity index is 1.97. The van der Waals surface area contributed by atoms with Crippen LogP contribution in [0.2, 0.25) is 0 Å². The van der Waals surface area contributed by atoms with Crippen molar-refractivity contribution in [2.24, 2.45) is 0 Å². The van der Waals surface area contributed by atoms with Crippen LogP contribution in [0.5, 0.6) is 5.75 Å². The molecule has 120 valence electrons. The Kier molecular flexibility index (Phi) is 4.97. The van der Waals surface area contributed by atoms with Gasteiger partial charge in [0.1, 0.15) is 5.75 Å². The molecule has 1 aromatic heterocycles. The van der Waals surface area contributed by atoms with Crippen LogP contribution < -0.4 is 4.74 Å². The SMILES string of the molecule is COc1ccc(Cn2nc(CBr)cc2-c2cccc(C#N)c2)cc1. The normalized spacial score (nSPS) is 10.4. The van der Waals surface area contributed by atoms with E-state index >= 15 is 0 Å². The molecule has 0 atom stereocenters. The summed E-state index contributed by atoms with van der Waals surface area (Å²) in [5.74, 6) is 0.835. The monoisotopic (exact) mass is 381 g/mol. The van der Waals surface area contributed by atoms with Crippen LogP contribution >= 0.6 is 15.9 Å². The lowest BCUT2D eigenvalue weighted by Gasteiger charge is -2.09. The van der Waals surface area contributed by atoms with Crippen molar-refractivity contribution in [1.29, 1.82) is 5.26 Å². The molecular weight excluding hydrogens is 366 g/mol. The zero-order valence-electron chi connectivity index (χ0n) is 13.2. The van der Waals surface area contributed by atoms with E-state index < -0.39 is 0 Å². The lowest BCUT2D eigenvalue weighted by atomic mass is 10.1. The fourth-order valence-electron chi connectivity index (χ4n) is 2.54. The van der Waals surface area contributed by atoms with Gasteiger partial charge < -0.3 is 4.74 Å². The average molecular weight is 382 g/mol. The molecule has 0 unspecified atom stereocenters. The number of nitriles is 1. The first-order valence-corrected chi connectivity index (χ1v) is 8.62. The quantitative estimate of drug-likeness (QED) is 0.616. The van der Waals surface area contributed by atoms with Crippen LogP contribution in [0, 0.1) is 11.3 Å². The molecule has 0 aliphatic heterocycles. The maximum absolute atomic E-state index is 9.12. The highest BCUT2D eigenvalue weighted by Gasteiger charge is 2.11. The van der Waals surface area contributed by atoms with Gasteiger partial charge in [-0.3, -0.25) is 4.68 Å². The Morgan fingerprint density at radius 2 is 1.96 bits per heavy atom. The predicted octanol–water partition coefficient (Wildman–Crippen LogP) is 4.37. The summed E-state index contributed by atoms with van der Waals surface area (Å²) in [4.78, 5) is 0. The third-order valence-electron chi connectivity index (χ3n) is 3.75. The first kappa shape index (κ1) is 16.3. The van der Waals surface area contributed by atoms with Gasteiger partial charge in [-0.25, -0.2) is 0 Å². The first-order chi connectivity index (χ1) is 11.7. The van der Waals surface area contributed by atoms with Gasteiger partial charge in [-0.15, -0.1) is 0 Å². The van der Waals surface area contributed by atoms with E-state index in [4.69, 9.17) is 10.00 Å². The van der Waals surface area contributed by atoms with Gasteiger partial charge in [-0.05, 0) is 35.9 Å². The Hall–Kier alpha value is -2.58. The van der Waals surface area contributed by atoms with Gasteiger partial charge in [0, 0.05) is 10.9 Å². The lowest BCUT2D eigenvalue weighted by Crippen LogP contribution is -2.04. The van der Waals surface area contributed by atoms with Gasteiger partial charge in [-0.1, -0.05) is 40.2 Å². The first-order valence-electron chi connectivity index (χ1n) is 7.49. The summed E-state index contributed by atoms with van der Waals surface area (Å²) < 4.78 is 7.17. The fourth-order valence-corrected chi connectivity index (χ4v) is 2.81. The van der Waals surface area contributed by atoms with Crippen molar-refractivity contribution in [3.8, 4) is 23.1 Å². The molecule has 0 saturated heterocycles. The van der Waals surface area contributed by atoms with Gasteiger partial charge in [0.05, 0.1) is 36.7 Å². The van der Waals surface area contributed by atoms with Gasteiger partial charge in [0.2, 0.25) is 0 Å². The van der Waals surface area contributed by atoms with Crippen molar-refractivity contribution >= 4 is 15.9 Å². The summed E-state index contributed by atoms with van der Waals surface area (Å²) in [7, 11) is 1.66. The molecule has 0 bridgehead atoms. The van der Waals surface area contributed by atoms with E-state index in [1.165, 1.54) is 0 Å². The summed E-state index contributed by atoms with van der Waals surface area (Å²) in [5.41, 5.74) is 4.73. The highest BCUT2D eigenvalue weighted by molar-refractivity contribution is 9.08. The molecule has 0 aliphatic rings. The van der Waals surface area contributed by atoms with Crippen LogP contribution in [0.25, 0.3) is 11.3 Å². The number of nitrogens with zero attached hydrogens (tertiary/aromatic N) is 3. The molecule has 2 aromatic carbocycles. The third-order valence-corrected chi connectivity index (χ3v) is 4.32. The second-order valence-electron chi connectivity index (χ2n) is 5.35. The molecule has 3 aromatic rings. The summed E-state index contributed by atoms with van der Waals surface area (Å²) in [6.45, 7) is 0.656. The number of ether oxygens (including phenoxy) is 1. The zero-order chi connectivity index (χ0) is 16.9. The lowest BCUT2D eigenvalue weighted by molar-refractivity contribution is 0.414. The topological polar surface area (TPSA) is 50.8 Å². The Bertz CT molecular complexity index is 878. The van der Waals surface area contributed by atoms with E-state index in [9.17, 15) is 0 Å². The van der Waals surface area contributed by atoms with Crippen molar-refractivity contribution in [3.05, 3.63) is 71.4 Å². The maximum atomic E-state index is 9.12. The third kappa shape index (κ3) is 3.50. The summed E-state index contributed by atoms with van der Waals surface area (Å²) >= 11 is 3.47. The zero-order valence-corrected chi connectivity index (χ0v) is 14.8. The van der Waals surface area contributed by atoms with Crippen LogP contribution in [0.3, 0.4) is 0 Å². The van der Waals surface area contributed by atoms with Crippen molar-refractivity contribution in [2.75, 3.05) is 7.11 Å². The number of rotatable bonds is 5. The molecule has 0 radical (unpaired) electrons. The minimum atomic E-state index is 0.644. The molecule has 0 amide bonds. The Morgan fingerprint density at radius 1 is 1.17 bits per heavy atom. The molecule has 4 nitrogen and oxygen atoms in total. The summed E-state index contributed by atoms with van der Waals surface area (Å²) in [5, 5.41) is 14.5. The minimum Gasteiger partial charge on any atom is -0.497 e. The van der Waals surface area contributed by atoms with Crippen LogP contribution in [0.1, 0.15) is 16.8 Å².